The number of ketones is 1. The molecule has 0 amide bonds. The quantitative estimate of drug-likeness (QED) is 0.361. The Morgan fingerprint density at radius 2 is 1.60 bits per heavy atom. The molecule has 2 rings (SSSR count). The molecule has 0 spiro atoms. The number of ether oxygens (including phenoxy) is 1. The molecular weight excluding hydrogens is 593 g/mol. The fraction of sp³-hybridized carbons (Fsp3) is 0.133. The number of benzene rings is 2. The smallest absolute Gasteiger partial charge is 0.200 e. The number of halogens is 3. The largest absolute Gasteiger partial charge is 0.483 e. The predicted molar refractivity (Wildman–Crippen MR) is 106 cm³/mol. The van der Waals surface area contributed by atoms with Crippen molar-refractivity contribution in [1.29, 1.82) is 0 Å². The SMILES string of the molecule is Cc1ccc(C(=O)COc2c(I)cc(I)cc2I)cc1. The summed E-state index contributed by atoms with van der Waals surface area (Å²) in [7, 11) is 0. The zero-order valence-electron chi connectivity index (χ0n) is 10.6. The van der Waals surface area contributed by atoms with Crippen molar-refractivity contribution in [1.82, 2.24) is 0 Å². The average molecular weight is 604 g/mol. The van der Waals surface area contributed by atoms with Crippen LogP contribution in [0.25, 0.3) is 0 Å². The van der Waals surface area contributed by atoms with Crippen LogP contribution in [-0.2, 0) is 0 Å². The summed E-state index contributed by atoms with van der Waals surface area (Å²) in [6, 6.07) is 11.6. The van der Waals surface area contributed by atoms with Crippen molar-refractivity contribution in [3.8, 4) is 5.75 Å². The van der Waals surface area contributed by atoms with Gasteiger partial charge in [-0.1, -0.05) is 29.8 Å². The van der Waals surface area contributed by atoms with E-state index < -0.39 is 0 Å². The summed E-state index contributed by atoms with van der Waals surface area (Å²) in [6.07, 6.45) is 0. The third-order valence-electron chi connectivity index (χ3n) is 2.68. The van der Waals surface area contributed by atoms with E-state index in [2.05, 4.69) is 67.8 Å². The summed E-state index contributed by atoms with van der Waals surface area (Å²) in [5, 5.41) is 0. The zero-order chi connectivity index (χ0) is 14.7. The van der Waals surface area contributed by atoms with Gasteiger partial charge in [0.05, 0.1) is 7.14 Å². The van der Waals surface area contributed by atoms with Crippen molar-refractivity contribution < 1.29 is 9.53 Å². The van der Waals surface area contributed by atoms with E-state index in [0.717, 1.165) is 22.0 Å². The van der Waals surface area contributed by atoms with E-state index in [0.29, 0.717) is 5.56 Å². The van der Waals surface area contributed by atoms with Gasteiger partial charge in [-0.05, 0) is 86.8 Å². The molecule has 0 aromatic heterocycles. The summed E-state index contributed by atoms with van der Waals surface area (Å²) in [5.41, 5.74) is 1.83. The molecule has 0 aliphatic rings. The lowest BCUT2D eigenvalue weighted by atomic mass is 10.1. The fourth-order valence-corrected chi connectivity index (χ4v) is 5.52. The first-order valence-corrected chi connectivity index (χ1v) is 9.08. The van der Waals surface area contributed by atoms with Gasteiger partial charge in [-0.15, -0.1) is 0 Å². The van der Waals surface area contributed by atoms with Gasteiger partial charge in [-0.3, -0.25) is 4.79 Å². The van der Waals surface area contributed by atoms with Gasteiger partial charge in [0.15, 0.2) is 12.4 Å². The maximum Gasteiger partial charge on any atom is 0.200 e. The number of hydrogen-bond donors (Lipinski definition) is 0. The van der Waals surface area contributed by atoms with Crippen molar-refractivity contribution in [2.45, 2.75) is 6.92 Å². The molecule has 0 heterocycles. The van der Waals surface area contributed by atoms with E-state index in [1.54, 1.807) is 0 Å². The Bertz CT molecular complexity index is 613. The van der Waals surface area contributed by atoms with E-state index >= 15 is 0 Å². The van der Waals surface area contributed by atoms with Gasteiger partial charge in [0.1, 0.15) is 5.75 Å². The molecule has 2 nitrogen and oxygen atoms in total. The molecule has 0 saturated heterocycles. The van der Waals surface area contributed by atoms with E-state index in [9.17, 15) is 4.79 Å². The minimum atomic E-state index is -0.00449. The van der Waals surface area contributed by atoms with Crippen LogP contribution >= 0.6 is 67.8 Å². The van der Waals surface area contributed by atoms with Crippen LogP contribution in [0.5, 0.6) is 5.75 Å². The summed E-state index contributed by atoms with van der Waals surface area (Å²) >= 11 is 6.73. The molecule has 0 atom stereocenters. The second-order valence-corrected chi connectivity index (χ2v) is 7.85. The molecule has 0 saturated carbocycles. The molecule has 104 valence electrons. The Morgan fingerprint density at radius 1 is 1.05 bits per heavy atom. The Morgan fingerprint density at radius 3 is 2.15 bits per heavy atom. The van der Waals surface area contributed by atoms with Crippen molar-refractivity contribution >= 4 is 73.6 Å². The third kappa shape index (κ3) is 4.30. The molecule has 0 aliphatic heterocycles. The summed E-state index contributed by atoms with van der Waals surface area (Å²) in [4.78, 5) is 12.1. The number of Topliss-reactive ketones (excluding diaryl/α,β-unsaturated/α-hetero) is 1. The average Bonchev–Trinajstić information content (AvgIpc) is 2.38. The van der Waals surface area contributed by atoms with Crippen molar-refractivity contribution in [2.24, 2.45) is 0 Å². The highest BCUT2D eigenvalue weighted by atomic mass is 127. The molecule has 0 aliphatic carbocycles. The summed E-state index contributed by atoms with van der Waals surface area (Å²) < 4.78 is 8.91. The van der Waals surface area contributed by atoms with Crippen LogP contribution in [0.1, 0.15) is 15.9 Å². The number of hydrogen-bond acceptors (Lipinski definition) is 2. The third-order valence-corrected chi connectivity index (χ3v) is 4.91. The first-order chi connectivity index (χ1) is 9.47. The number of rotatable bonds is 4. The topological polar surface area (TPSA) is 26.3 Å². The molecule has 0 fully saturated rings. The van der Waals surface area contributed by atoms with Gasteiger partial charge in [0.25, 0.3) is 0 Å². The van der Waals surface area contributed by atoms with Crippen LogP contribution in [0.15, 0.2) is 36.4 Å². The monoisotopic (exact) mass is 604 g/mol. The lowest BCUT2D eigenvalue weighted by Gasteiger charge is -2.10. The fourth-order valence-electron chi connectivity index (χ4n) is 1.63. The number of carbonyl (C=O) groups is 1. The van der Waals surface area contributed by atoms with Crippen LogP contribution in [-0.4, -0.2) is 12.4 Å². The molecule has 0 N–H and O–H groups in total. The lowest BCUT2D eigenvalue weighted by Crippen LogP contribution is -2.12. The maximum atomic E-state index is 12.1. The normalized spacial score (nSPS) is 10.4. The van der Waals surface area contributed by atoms with E-state index in [1.165, 1.54) is 0 Å². The van der Waals surface area contributed by atoms with Gasteiger partial charge in [-0.2, -0.15) is 0 Å². The van der Waals surface area contributed by atoms with Crippen molar-refractivity contribution in [3.05, 3.63) is 58.2 Å². The van der Waals surface area contributed by atoms with Crippen molar-refractivity contribution in [3.63, 3.8) is 0 Å². The van der Waals surface area contributed by atoms with Gasteiger partial charge in [0.2, 0.25) is 0 Å². The van der Waals surface area contributed by atoms with Crippen LogP contribution < -0.4 is 4.74 Å². The van der Waals surface area contributed by atoms with Gasteiger partial charge in [0, 0.05) is 9.13 Å². The van der Waals surface area contributed by atoms with Crippen LogP contribution in [0.4, 0.5) is 0 Å². The first-order valence-electron chi connectivity index (χ1n) is 5.84. The summed E-state index contributed by atoms with van der Waals surface area (Å²) in [6.45, 7) is 2.07. The van der Waals surface area contributed by atoms with Crippen LogP contribution in [0.2, 0.25) is 0 Å². The number of carbonyl (C=O) groups excluding carboxylic acids is 1. The van der Waals surface area contributed by atoms with E-state index in [1.807, 2.05) is 43.3 Å². The van der Waals surface area contributed by atoms with Crippen molar-refractivity contribution in [2.75, 3.05) is 6.61 Å². The predicted octanol–water partition coefficient (Wildman–Crippen LogP) is 5.07. The molecular formula is C15H11I3O2. The first kappa shape index (κ1) is 16.5. The van der Waals surface area contributed by atoms with Gasteiger partial charge < -0.3 is 4.74 Å². The molecule has 0 bridgehead atoms. The Balaban J connectivity index is 2.09. The Hall–Kier alpha value is 0.1000. The molecule has 0 radical (unpaired) electrons. The summed E-state index contributed by atoms with van der Waals surface area (Å²) in [5.74, 6) is 0.780. The van der Waals surface area contributed by atoms with Crippen LogP contribution in [0.3, 0.4) is 0 Å². The van der Waals surface area contributed by atoms with E-state index in [-0.39, 0.29) is 12.4 Å². The minimum Gasteiger partial charge on any atom is -0.483 e. The molecule has 5 heteroatoms. The second kappa shape index (κ2) is 7.39. The van der Waals surface area contributed by atoms with E-state index in [4.69, 9.17) is 4.74 Å². The van der Waals surface area contributed by atoms with Crippen LogP contribution in [0, 0.1) is 17.6 Å². The zero-order valence-corrected chi connectivity index (χ0v) is 17.1. The maximum absolute atomic E-state index is 12.1. The molecule has 20 heavy (non-hydrogen) atoms. The van der Waals surface area contributed by atoms with Gasteiger partial charge >= 0.3 is 0 Å². The standard InChI is InChI=1S/C15H11I3O2/c1-9-2-4-10(5-3-9)14(19)8-20-15-12(17)6-11(16)7-13(15)18/h2-7H,8H2,1H3. The highest BCUT2D eigenvalue weighted by Gasteiger charge is 2.11. The number of aryl methyl sites for hydroxylation is 1. The Kier molecular flexibility index (Phi) is 6.09. The second-order valence-electron chi connectivity index (χ2n) is 4.28. The highest BCUT2D eigenvalue weighted by Crippen LogP contribution is 2.29. The minimum absolute atomic E-state index is 0.00449. The Labute approximate surface area is 159 Å². The molecule has 2 aromatic carbocycles. The lowest BCUT2D eigenvalue weighted by molar-refractivity contribution is 0.0920. The molecule has 2 aromatic rings. The highest BCUT2D eigenvalue weighted by molar-refractivity contribution is 14.1. The molecule has 0 unspecified atom stereocenters. The van der Waals surface area contributed by atoms with Gasteiger partial charge in [-0.25, -0.2) is 0 Å².